The Kier molecular flexibility index (Phi) is 4.70. The molecule has 0 radical (unpaired) electrons. The molecule has 0 aromatic carbocycles. The third-order valence-electron chi connectivity index (χ3n) is 2.58. The Labute approximate surface area is 109 Å². The van der Waals surface area contributed by atoms with Crippen LogP contribution in [-0.4, -0.2) is 49.5 Å². The summed E-state index contributed by atoms with van der Waals surface area (Å²) in [7, 11) is 1.70. The lowest BCUT2D eigenvalue weighted by Crippen LogP contribution is -2.53. The summed E-state index contributed by atoms with van der Waals surface area (Å²) in [6.45, 7) is 3.25. The Morgan fingerprint density at radius 3 is 2.71 bits per heavy atom. The molecule has 0 spiro atoms. The molecule has 0 aliphatic carbocycles. The van der Waals surface area contributed by atoms with Gasteiger partial charge in [0.15, 0.2) is 0 Å². The second kappa shape index (κ2) is 6.28. The van der Waals surface area contributed by atoms with E-state index in [1.54, 1.807) is 19.5 Å². The number of halogens is 1. The summed E-state index contributed by atoms with van der Waals surface area (Å²) in [5.41, 5.74) is 0. The molecule has 1 aromatic rings. The van der Waals surface area contributed by atoms with Crippen LogP contribution in [0.1, 0.15) is 6.42 Å². The first kappa shape index (κ1) is 12.7. The topological polar surface area (TPSA) is 47.5 Å². The summed E-state index contributed by atoms with van der Waals surface area (Å²) in [6.07, 6.45) is 4.77. The first-order valence-electron chi connectivity index (χ1n) is 5.62. The fraction of sp³-hybridized carbons (Fsp3) is 0.636. The van der Waals surface area contributed by atoms with Gasteiger partial charge in [-0.25, -0.2) is 9.97 Å². The minimum atomic E-state index is 0.305. The van der Waals surface area contributed by atoms with Crippen LogP contribution >= 0.6 is 15.9 Å². The van der Waals surface area contributed by atoms with Crippen LogP contribution in [-0.2, 0) is 9.47 Å². The molecule has 1 aromatic heterocycles. The lowest BCUT2D eigenvalue weighted by Gasteiger charge is -2.38. The van der Waals surface area contributed by atoms with Gasteiger partial charge in [0.2, 0.25) is 5.95 Å². The minimum absolute atomic E-state index is 0.305. The molecule has 0 N–H and O–H groups in total. The van der Waals surface area contributed by atoms with Crippen LogP contribution in [0.2, 0.25) is 0 Å². The number of hydrogen-bond acceptors (Lipinski definition) is 5. The van der Waals surface area contributed by atoms with Crippen molar-refractivity contribution in [3.63, 3.8) is 0 Å². The van der Waals surface area contributed by atoms with Crippen molar-refractivity contribution < 1.29 is 9.47 Å². The van der Waals surface area contributed by atoms with Crippen molar-refractivity contribution in [3.05, 3.63) is 16.9 Å². The van der Waals surface area contributed by atoms with Crippen LogP contribution < -0.4 is 4.90 Å². The van der Waals surface area contributed by atoms with Gasteiger partial charge in [-0.3, -0.25) is 0 Å². The minimum Gasteiger partial charge on any atom is -0.385 e. The number of hydrogen-bond donors (Lipinski definition) is 0. The Morgan fingerprint density at radius 2 is 2.06 bits per heavy atom. The van der Waals surface area contributed by atoms with Crippen LogP contribution in [0.4, 0.5) is 5.95 Å². The fourth-order valence-electron chi connectivity index (χ4n) is 1.63. The zero-order valence-corrected chi connectivity index (χ0v) is 11.4. The van der Waals surface area contributed by atoms with Gasteiger partial charge in [0, 0.05) is 45.8 Å². The van der Waals surface area contributed by atoms with E-state index in [2.05, 4.69) is 30.8 Å². The number of nitrogens with zero attached hydrogens (tertiary/aromatic N) is 3. The molecule has 0 unspecified atom stereocenters. The predicted octanol–water partition coefficient (Wildman–Crippen LogP) is 1.48. The van der Waals surface area contributed by atoms with Gasteiger partial charge in [-0.1, -0.05) is 0 Å². The van der Waals surface area contributed by atoms with Gasteiger partial charge >= 0.3 is 0 Å². The van der Waals surface area contributed by atoms with E-state index < -0.39 is 0 Å². The van der Waals surface area contributed by atoms with E-state index in [0.717, 1.165) is 43.1 Å². The Balaban J connectivity index is 1.66. The van der Waals surface area contributed by atoms with E-state index in [9.17, 15) is 0 Å². The molecule has 0 bridgehead atoms. The lowest BCUT2D eigenvalue weighted by atomic mass is 10.2. The number of methoxy groups -OCH3 is 1. The van der Waals surface area contributed by atoms with Crippen LogP contribution in [0.3, 0.4) is 0 Å². The smallest absolute Gasteiger partial charge is 0.225 e. The molecule has 5 nitrogen and oxygen atoms in total. The van der Waals surface area contributed by atoms with Crippen molar-refractivity contribution in [2.24, 2.45) is 0 Å². The molecule has 0 amide bonds. The normalized spacial score (nSPS) is 16.0. The Morgan fingerprint density at radius 1 is 1.35 bits per heavy atom. The SMILES string of the molecule is COCCCOC1CN(c2ncc(Br)cn2)C1. The average molecular weight is 302 g/mol. The zero-order valence-electron chi connectivity index (χ0n) is 9.80. The third kappa shape index (κ3) is 3.62. The van der Waals surface area contributed by atoms with Crippen molar-refractivity contribution in [2.45, 2.75) is 12.5 Å². The molecule has 2 heterocycles. The van der Waals surface area contributed by atoms with Crippen LogP contribution in [0.15, 0.2) is 16.9 Å². The van der Waals surface area contributed by atoms with Crippen molar-refractivity contribution in [3.8, 4) is 0 Å². The standard InChI is InChI=1S/C11H16BrN3O2/c1-16-3-2-4-17-10-7-15(8-10)11-13-5-9(12)6-14-11/h5-6,10H,2-4,7-8H2,1H3. The summed E-state index contributed by atoms with van der Waals surface area (Å²) in [4.78, 5) is 10.6. The lowest BCUT2D eigenvalue weighted by molar-refractivity contribution is 0.0227. The van der Waals surface area contributed by atoms with Gasteiger partial charge in [-0.05, 0) is 22.4 Å². The van der Waals surface area contributed by atoms with Crippen molar-refractivity contribution in [1.82, 2.24) is 9.97 Å². The van der Waals surface area contributed by atoms with Crippen molar-refractivity contribution in [1.29, 1.82) is 0 Å². The van der Waals surface area contributed by atoms with Crippen molar-refractivity contribution in [2.75, 3.05) is 38.3 Å². The molecule has 0 saturated carbocycles. The molecular weight excluding hydrogens is 286 g/mol. The van der Waals surface area contributed by atoms with Gasteiger partial charge in [-0.15, -0.1) is 0 Å². The number of anilines is 1. The summed E-state index contributed by atoms with van der Waals surface area (Å²) < 4.78 is 11.5. The van der Waals surface area contributed by atoms with E-state index >= 15 is 0 Å². The zero-order chi connectivity index (χ0) is 12.1. The molecule has 1 saturated heterocycles. The van der Waals surface area contributed by atoms with Crippen LogP contribution in [0, 0.1) is 0 Å². The van der Waals surface area contributed by atoms with Gasteiger partial charge in [0.1, 0.15) is 0 Å². The maximum Gasteiger partial charge on any atom is 0.225 e. The summed E-state index contributed by atoms with van der Waals surface area (Å²) in [5.74, 6) is 0.768. The third-order valence-corrected chi connectivity index (χ3v) is 2.99. The molecular formula is C11H16BrN3O2. The second-order valence-electron chi connectivity index (χ2n) is 3.95. The quantitative estimate of drug-likeness (QED) is 0.745. The highest BCUT2D eigenvalue weighted by Crippen LogP contribution is 2.19. The highest BCUT2D eigenvalue weighted by molar-refractivity contribution is 9.10. The van der Waals surface area contributed by atoms with E-state index in [-0.39, 0.29) is 0 Å². The summed E-state index contributed by atoms with van der Waals surface area (Å²) in [6, 6.07) is 0. The van der Waals surface area contributed by atoms with E-state index in [0.29, 0.717) is 6.10 Å². The largest absolute Gasteiger partial charge is 0.385 e. The van der Waals surface area contributed by atoms with E-state index in [1.807, 2.05) is 0 Å². The predicted molar refractivity (Wildman–Crippen MR) is 68.2 cm³/mol. The highest BCUT2D eigenvalue weighted by Gasteiger charge is 2.28. The van der Waals surface area contributed by atoms with Gasteiger partial charge in [0.25, 0.3) is 0 Å². The number of ether oxygens (including phenoxy) is 2. The first-order chi connectivity index (χ1) is 8.29. The van der Waals surface area contributed by atoms with E-state index in [4.69, 9.17) is 9.47 Å². The fourth-order valence-corrected chi connectivity index (χ4v) is 1.83. The molecule has 17 heavy (non-hydrogen) atoms. The van der Waals surface area contributed by atoms with Gasteiger partial charge in [0.05, 0.1) is 10.6 Å². The molecule has 1 fully saturated rings. The maximum absolute atomic E-state index is 5.67. The molecule has 94 valence electrons. The summed E-state index contributed by atoms with van der Waals surface area (Å²) >= 11 is 3.32. The Bertz CT molecular complexity index is 341. The number of rotatable bonds is 6. The molecule has 1 aliphatic rings. The number of aromatic nitrogens is 2. The average Bonchev–Trinajstić information content (AvgIpc) is 2.28. The van der Waals surface area contributed by atoms with Crippen molar-refractivity contribution >= 4 is 21.9 Å². The molecule has 6 heteroatoms. The maximum atomic E-state index is 5.67. The van der Waals surface area contributed by atoms with E-state index in [1.165, 1.54) is 0 Å². The monoisotopic (exact) mass is 301 g/mol. The van der Waals surface area contributed by atoms with Crippen LogP contribution in [0.5, 0.6) is 0 Å². The highest BCUT2D eigenvalue weighted by atomic mass is 79.9. The Hall–Kier alpha value is -0.720. The van der Waals surface area contributed by atoms with Gasteiger partial charge < -0.3 is 14.4 Å². The molecule has 2 rings (SSSR count). The first-order valence-corrected chi connectivity index (χ1v) is 6.42. The molecule has 0 atom stereocenters. The second-order valence-corrected chi connectivity index (χ2v) is 4.86. The van der Waals surface area contributed by atoms with Crippen LogP contribution in [0.25, 0.3) is 0 Å². The van der Waals surface area contributed by atoms with Gasteiger partial charge in [-0.2, -0.15) is 0 Å². The molecule has 1 aliphatic heterocycles. The summed E-state index contributed by atoms with van der Waals surface area (Å²) in [5, 5.41) is 0.